The molecule has 0 aliphatic rings. The Morgan fingerprint density at radius 2 is 1.83 bits per heavy atom. The minimum absolute atomic E-state index is 0.150. The van der Waals surface area contributed by atoms with Crippen LogP contribution in [0.4, 0.5) is 5.82 Å². The molecular weight excluding hydrogens is 398 g/mol. The third-order valence-corrected chi connectivity index (χ3v) is 5.88. The molecule has 2 heterocycles. The summed E-state index contributed by atoms with van der Waals surface area (Å²) in [6, 6.07) is 19.0. The maximum atomic E-state index is 13.2. The molecule has 7 heteroatoms. The van der Waals surface area contributed by atoms with E-state index in [1.807, 2.05) is 54.6 Å². The van der Waals surface area contributed by atoms with E-state index in [1.165, 1.54) is 11.3 Å². The van der Waals surface area contributed by atoms with Crippen LogP contribution in [0.2, 0.25) is 0 Å². The number of aromatic nitrogens is 2. The van der Waals surface area contributed by atoms with Crippen LogP contribution in [0.3, 0.4) is 0 Å². The molecule has 0 bridgehead atoms. The number of rotatable bonds is 7. The summed E-state index contributed by atoms with van der Waals surface area (Å²) in [5.74, 6) is 1.17. The zero-order chi connectivity index (χ0) is 20.9. The summed E-state index contributed by atoms with van der Waals surface area (Å²) < 4.78 is 11.8. The minimum Gasteiger partial charge on any atom is -0.493 e. The van der Waals surface area contributed by atoms with Crippen LogP contribution in [0.1, 0.15) is 16.5 Å². The summed E-state index contributed by atoms with van der Waals surface area (Å²) in [5.41, 5.74) is 1.84. The highest BCUT2D eigenvalue weighted by atomic mass is 32.1. The van der Waals surface area contributed by atoms with E-state index in [0.29, 0.717) is 23.7 Å². The van der Waals surface area contributed by atoms with E-state index >= 15 is 0 Å². The second kappa shape index (κ2) is 8.92. The molecule has 0 spiro atoms. The van der Waals surface area contributed by atoms with Crippen LogP contribution in [-0.2, 0) is 11.2 Å². The fourth-order valence-corrected chi connectivity index (χ4v) is 4.29. The topological polar surface area (TPSA) is 73.3 Å². The Hall–Kier alpha value is -3.45. The second-order valence-electron chi connectivity index (χ2n) is 6.67. The van der Waals surface area contributed by atoms with Crippen LogP contribution in [0.25, 0.3) is 10.2 Å². The second-order valence-corrected chi connectivity index (χ2v) is 7.73. The van der Waals surface area contributed by atoms with Crippen LogP contribution in [-0.4, -0.2) is 30.1 Å². The number of amides is 1. The highest BCUT2D eigenvalue weighted by molar-refractivity contribution is 7.18. The van der Waals surface area contributed by atoms with Crippen molar-refractivity contribution in [1.29, 1.82) is 0 Å². The van der Waals surface area contributed by atoms with Crippen LogP contribution >= 0.6 is 11.3 Å². The summed E-state index contributed by atoms with van der Waals surface area (Å²) in [4.78, 5) is 22.2. The van der Waals surface area contributed by atoms with Crippen LogP contribution in [0, 0.1) is 0 Å². The van der Waals surface area contributed by atoms with Gasteiger partial charge >= 0.3 is 0 Å². The number of hydrogen-bond acceptors (Lipinski definition) is 6. The van der Waals surface area contributed by atoms with Crippen molar-refractivity contribution in [3.63, 3.8) is 0 Å². The first-order valence-corrected chi connectivity index (χ1v) is 10.3. The Morgan fingerprint density at radius 1 is 1.03 bits per heavy atom. The highest BCUT2D eigenvalue weighted by Gasteiger charge is 2.26. The monoisotopic (exact) mass is 419 g/mol. The summed E-state index contributed by atoms with van der Waals surface area (Å²) in [6.07, 6.45) is 2.12. The summed E-state index contributed by atoms with van der Waals surface area (Å²) >= 11 is 1.53. The van der Waals surface area contributed by atoms with Gasteiger partial charge in [-0.05, 0) is 48.4 Å². The first-order chi connectivity index (χ1) is 14.7. The lowest BCUT2D eigenvalue weighted by atomic mass is 9.98. The minimum atomic E-state index is -0.470. The Bertz CT molecular complexity index is 1130. The lowest BCUT2D eigenvalue weighted by molar-refractivity contribution is -0.117. The number of carbonyl (C=O) groups excluding carboxylic acids is 1. The van der Waals surface area contributed by atoms with E-state index in [4.69, 9.17) is 14.5 Å². The average Bonchev–Trinajstić information content (AvgIpc) is 3.21. The molecule has 152 valence electrons. The molecule has 0 unspecified atom stereocenters. The largest absolute Gasteiger partial charge is 0.493 e. The Balaban J connectivity index is 1.68. The number of carbonyl (C=O) groups is 1. The van der Waals surface area contributed by atoms with E-state index in [0.717, 1.165) is 20.8 Å². The van der Waals surface area contributed by atoms with Crippen LogP contribution in [0.15, 0.2) is 66.9 Å². The number of fused-ring (bicyclic) bond motifs is 1. The van der Waals surface area contributed by atoms with E-state index in [2.05, 4.69) is 10.3 Å². The molecule has 0 aliphatic heterocycles. The summed E-state index contributed by atoms with van der Waals surface area (Å²) in [7, 11) is 3.20. The third kappa shape index (κ3) is 4.26. The summed E-state index contributed by atoms with van der Waals surface area (Å²) in [6.45, 7) is 0. The molecule has 4 aromatic rings. The van der Waals surface area contributed by atoms with Crippen molar-refractivity contribution in [3.05, 3.63) is 77.4 Å². The molecule has 0 fully saturated rings. The number of benzene rings is 2. The van der Waals surface area contributed by atoms with Crippen LogP contribution < -0.4 is 14.8 Å². The Kier molecular flexibility index (Phi) is 5.90. The maximum absolute atomic E-state index is 13.2. The van der Waals surface area contributed by atoms with Gasteiger partial charge in [0.05, 0.1) is 30.4 Å². The number of para-hydroxylation sites is 1. The normalized spacial score (nSPS) is 11.8. The Labute approximate surface area is 178 Å². The average molecular weight is 420 g/mol. The standard InChI is InChI=1S/C23H21N3O3S/c1-28-18-11-10-15(14-19(18)29-2)13-16(22(27)26-21-9-5-6-12-24-21)23-25-17-7-3-4-8-20(17)30-23/h3-12,14,16H,13H2,1-2H3,(H,24,26,27)/t16-/m0/s1. The van der Waals surface area contributed by atoms with Gasteiger partial charge in [-0.25, -0.2) is 9.97 Å². The quantitative estimate of drug-likeness (QED) is 0.471. The van der Waals surface area contributed by atoms with Gasteiger partial charge in [0.2, 0.25) is 5.91 Å². The molecule has 6 nitrogen and oxygen atoms in total. The SMILES string of the molecule is COc1ccc(C[C@@H](C(=O)Nc2ccccn2)c2nc3ccccc3s2)cc1OC. The van der Waals surface area contributed by atoms with Crippen molar-refractivity contribution < 1.29 is 14.3 Å². The number of anilines is 1. The predicted molar refractivity (Wildman–Crippen MR) is 118 cm³/mol. The van der Waals surface area contributed by atoms with E-state index in [-0.39, 0.29) is 5.91 Å². The van der Waals surface area contributed by atoms with Gasteiger partial charge < -0.3 is 14.8 Å². The zero-order valence-electron chi connectivity index (χ0n) is 16.7. The van der Waals surface area contributed by atoms with Gasteiger partial charge in [0.1, 0.15) is 10.8 Å². The molecule has 0 aliphatic carbocycles. The molecule has 1 amide bonds. The number of hydrogen-bond donors (Lipinski definition) is 1. The van der Waals surface area contributed by atoms with Crippen molar-refractivity contribution >= 4 is 33.3 Å². The molecular formula is C23H21N3O3S. The molecule has 1 atom stereocenters. The third-order valence-electron chi connectivity index (χ3n) is 4.73. The predicted octanol–water partition coefficient (Wildman–Crippen LogP) is 4.67. The van der Waals surface area contributed by atoms with E-state index in [1.54, 1.807) is 26.5 Å². The van der Waals surface area contributed by atoms with Crippen molar-refractivity contribution in [2.45, 2.75) is 12.3 Å². The van der Waals surface area contributed by atoms with Gasteiger partial charge in [0, 0.05) is 6.20 Å². The first-order valence-electron chi connectivity index (χ1n) is 9.46. The Morgan fingerprint density at radius 3 is 2.57 bits per heavy atom. The van der Waals surface area contributed by atoms with E-state index in [9.17, 15) is 4.79 Å². The van der Waals surface area contributed by atoms with Crippen molar-refractivity contribution in [2.75, 3.05) is 19.5 Å². The van der Waals surface area contributed by atoms with Gasteiger partial charge in [0.15, 0.2) is 11.5 Å². The number of pyridine rings is 1. The van der Waals surface area contributed by atoms with Gasteiger partial charge in [0.25, 0.3) is 0 Å². The number of methoxy groups -OCH3 is 2. The first kappa shape index (κ1) is 19.8. The van der Waals surface area contributed by atoms with Gasteiger partial charge in [-0.2, -0.15) is 0 Å². The molecule has 0 saturated carbocycles. The highest BCUT2D eigenvalue weighted by Crippen LogP contribution is 2.33. The van der Waals surface area contributed by atoms with Crippen molar-refractivity contribution in [1.82, 2.24) is 9.97 Å². The van der Waals surface area contributed by atoms with Crippen molar-refractivity contribution in [3.8, 4) is 11.5 Å². The number of ether oxygens (including phenoxy) is 2. The summed E-state index contributed by atoms with van der Waals surface area (Å²) in [5, 5.41) is 3.68. The van der Waals surface area contributed by atoms with Gasteiger partial charge in [-0.15, -0.1) is 11.3 Å². The fourth-order valence-electron chi connectivity index (χ4n) is 3.22. The van der Waals surface area contributed by atoms with Gasteiger partial charge in [-0.1, -0.05) is 24.3 Å². The fraction of sp³-hybridized carbons (Fsp3) is 0.174. The number of thiazole rings is 1. The molecule has 2 aromatic carbocycles. The number of nitrogens with one attached hydrogen (secondary N) is 1. The molecule has 0 saturated heterocycles. The lowest BCUT2D eigenvalue weighted by Crippen LogP contribution is -2.23. The zero-order valence-corrected chi connectivity index (χ0v) is 17.5. The van der Waals surface area contributed by atoms with Crippen molar-refractivity contribution in [2.24, 2.45) is 0 Å². The maximum Gasteiger partial charge on any atom is 0.235 e. The molecule has 1 N–H and O–H groups in total. The number of nitrogens with zero attached hydrogens (tertiary/aromatic N) is 2. The molecule has 2 aromatic heterocycles. The lowest BCUT2D eigenvalue weighted by Gasteiger charge is -2.16. The molecule has 0 radical (unpaired) electrons. The molecule has 30 heavy (non-hydrogen) atoms. The van der Waals surface area contributed by atoms with Crippen LogP contribution in [0.5, 0.6) is 11.5 Å². The smallest absolute Gasteiger partial charge is 0.235 e. The van der Waals surface area contributed by atoms with Gasteiger partial charge in [-0.3, -0.25) is 4.79 Å². The molecule has 4 rings (SSSR count). The van der Waals surface area contributed by atoms with E-state index < -0.39 is 5.92 Å².